The van der Waals surface area contributed by atoms with Crippen molar-refractivity contribution in [2.45, 2.75) is 12.5 Å². The molecule has 5 nitrogen and oxygen atoms in total. The Morgan fingerprint density at radius 1 is 0.931 bits per heavy atom. The van der Waals surface area contributed by atoms with Gasteiger partial charge >= 0.3 is 5.63 Å². The van der Waals surface area contributed by atoms with Crippen LogP contribution in [-0.2, 0) is 0 Å². The van der Waals surface area contributed by atoms with E-state index in [1.807, 2.05) is 53.5 Å². The molecule has 1 aromatic heterocycles. The van der Waals surface area contributed by atoms with Crippen LogP contribution in [0.1, 0.15) is 23.6 Å². The van der Waals surface area contributed by atoms with Crippen molar-refractivity contribution >= 4 is 22.4 Å². The largest absolute Gasteiger partial charge is 0.508 e. The van der Waals surface area contributed by atoms with Crippen LogP contribution in [0.2, 0.25) is 0 Å². The highest BCUT2D eigenvalue weighted by Gasteiger charge is 2.31. The van der Waals surface area contributed by atoms with Gasteiger partial charge in [-0.15, -0.1) is 0 Å². The molecule has 5 heteroatoms. The highest BCUT2D eigenvalue weighted by atomic mass is 16.4. The molecule has 0 amide bonds. The predicted octanol–water partition coefficient (Wildman–Crippen LogP) is 4.85. The second kappa shape index (κ2) is 6.95. The third-order valence-electron chi connectivity index (χ3n) is 5.15. The van der Waals surface area contributed by atoms with Crippen molar-refractivity contribution in [2.75, 3.05) is 5.01 Å². The molecule has 1 aliphatic rings. The van der Waals surface area contributed by atoms with Gasteiger partial charge in [-0.05, 0) is 35.9 Å². The molecule has 0 saturated heterocycles. The molecule has 1 aliphatic heterocycles. The number of hydrogen-bond donors (Lipinski definition) is 1. The molecule has 0 radical (unpaired) electrons. The molecule has 142 valence electrons. The molecule has 0 aliphatic carbocycles. The fourth-order valence-corrected chi connectivity index (χ4v) is 3.73. The minimum atomic E-state index is -0.455. The van der Waals surface area contributed by atoms with Crippen LogP contribution in [0.4, 0.5) is 5.69 Å². The first-order valence-electron chi connectivity index (χ1n) is 9.43. The molecule has 2 heterocycles. The highest BCUT2D eigenvalue weighted by molar-refractivity contribution is 6.04. The monoisotopic (exact) mass is 382 g/mol. The first-order valence-corrected chi connectivity index (χ1v) is 9.43. The molecule has 5 rings (SSSR count). The van der Waals surface area contributed by atoms with Crippen LogP contribution in [0, 0.1) is 0 Å². The Kier molecular flexibility index (Phi) is 4.13. The summed E-state index contributed by atoms with van der Waals surface area (Å²) in [5, 5.41) is 17.2. The molecule has 3 aromatic carbocycles. The number of hydrogen-bond acceptors (Lipinski definition) is 5. The molecule has 0 saturated carbocycles. The molecule has 4 aromatic rings. The number of rotatable bonds is 3. The fraction of sp³-hybridized carbons (Fsp3) is 0.0833. The van der Waals surface area contributed by atoms with Gasteiger partial charge in [-0.25, -0.2) is 4.79 Å². The quantitative estimate of drug-likeness (QED) is 0.514. The zero-order valence-electron chi connectivity index (χ0n) is 15.5. The number of phenolic OH excluding ortho intramolecular Hbond substituents is 1. The van der Waals surface area contributed by atoms with Gasteiger partial charge in [0.2, 0.25) is 0 Å². The lowest BCUT2D eigenvalue weighted by Gasteiger charge is -2.23. The number of fused-ring (bicyclic) bond motifs is 1. The van der Waals surface area contributed by atoms with E-state index in [-0.39, 0.29) is 11.8 Å². The average Bonchev–Trinajstić information content (AvgIpc) is 3.20. The molecule has 1 N–H and O–H groups in total. The van der Waals surface area contributed by atoms with Gasteiger partial charge in [0.15, 0.2) is 0 Å². The molecule has 0 fully saturated rings. The standard InChI is InChI=1S/C24H18N2O3/c27-19-12-11-17-13-20(24(28)29-23(17)14-19)21-15-22(16-7-3-1-4-8-16)26(25-21)18-9-5-2-6-10-18/h1-14,22,27H,15H2. The Hall–Kier alpha value is -3.86. The van der Waals surface area contributed by atoms with Gasteiger partial charge < -0.3 is 9.52 Å². The summed E-state index contributed by atoms with van der Waals surface area (Å²) < 4.78 is 5.45. The number of nitrogens with zero attached hydrogens (tertiary/aromatic N) is 2. The number of phenols is 1. The second-order valence-corrected chi connectivity index (χ2v) is 7.03. The van der Waals surface area contributed by atoms with E-state index >= 15 is 0 Å². The zero-order valence-corrected chi connectivity index (χ0v) is 15.5. The minimum absolute atomic E-state index is 0.0106. The lowest BCUT2D eigenvalue weighted by molar-refractivity contribution is 0.473. The van der Waals surface area contributed by atoms with Crippen LogP contribution in [0.25, 0.3) is 11.0 Å². The van der Waals surface area contributed by atoms with Crippen molar-refractivity contribution in [1.82, 2.24) is 0 Å². The van der Waals surface area contributed by atoms with E-state index in [0.29, 0.717) is 23.3 Å². The smallest absolute Gasteiger partial charge is 0.345 e. The summed E-state index contributed by atoms with van der Waals surface area (Å²) in [4.78, 5) is 12.7. The van der Waals surface area contributed by atoms with E-state index in [0.717, 1.165) is 16.6 Å². The number of anilines is 1. The number of benzene rings is 3. The van der Waals surface area contributed by atoms with E-state index in [9.17, 15) is 9.90 Å². The van der Waals surface area contributed by atoms with Crippen molar-refractivity contribution in [3.05, 3.63) is 106 Å². The lowest BCUT2D eigenvalue weighted by Crippen LogP contribution is -2.18. The van der Waals surface area contributed by atoms with Crippen molar-refractivity contribution in [3.63, 3.8) is 0 Å². The van der Waals surface area contributed by atoms with Crippen LogP contribution < -0.4 is 10.6 Å². The van der Waals surface area contributed by atoms with Gasteiger partial charge in [-0.2, -0.15) is 5.10 Å². The van der Waals surface area contributed by atoms with E-state index in [1.54, 1.807) is 18.2 Å². The summed E-state index contributed by atoms with van der Waals surface area (Å²) in [5.41, 5.74) is 3.13. The highest BCUT2D eigenvalue weighted by Crippen LogP contribution is 2.36. The Morgan fingerprint density at radius 2 is 1.66 bits per heavy atom. The van der Waals surface area contributed by atoms with Crippen LogP contribution in [-0.4, -0.2) is 10.8 Å². The Balaban J connectivity index is 1.62. The fourth-order valence-electron chi connectivity index (χ4n) is 3.73. The lowest BCUT2D eigenvalue weighted by atomic mass is 9.98. The maximum absolute atomic E-state index is 12.7. The van der Waals surface area contributed by atoms with E-state index in [1.165, 1.54) is 6.07 Å². The van der Waals surface area contributed by atoms with Crippen molar-refractivity contribution < 1.29 is 9.52 Å². The Labute approximate surface area is 167 Å². The maximum Gasteiger partial charge on any atom is 0.345 e. The molecule has 1 atom stereocenters. The molecular weight excluding hydrogens is 364 g/mol. The van der Waals surface area contributed by atoms with Crippen LogP contribution in [0.15, 0.2) is 99.2 Å². The van der Waals surface area contributed by atoms with Gasteiger partial charge in [0, 0.05) is 17.9 Å². The minimum Gasteiger partial charge on any atom is -0.508 e. The molecule has 0 bridgehead atoms. The number of para-hydroxylation sites is 1. The number of aromatic hydroxyl groups is 1. The second-order valence-electron chi connectivity index (χ2n) is 7.03. The van der Waals surface area contributed by atoms with Gasteiger partial charge in [-0.3, -0.25) is 5.01 Å². The summed E-state index contributed by atoms with van der Waals surface area (Å²) in [6.07, 6.45) is 0.591. The predicted molar refractivity (Wildman–Crippen MR) is 113 cm³/mol. The zero-order chi connectivity index (χ0) is 19.8. The molecular formula is C24H18N2O3. The summed E-state index contributed by atoms with van der Waals surface area (Å²) in [6.45, 7) is 0. The summed E-state index contributed by atoms with van der Waals surface area (Å²) in [5.74, 6) is 0.0611. The van der Waals surface area contributed by atoms with Gasteiger partial charge in [-0.1, -0.05) is 48.5 Å². The summed E-state index contributed by atoms with van der Waals surface area (Å²) >= 11 is 0. The van der Waals surface area contributed by atoms with Crippen LogP contribution in [0.5, 0.6) is 5.75 Å². The molecule has 29 heavy (non-hydrogen) atoms. The van der Waals surface area contributed by atoms with E-state index in [2.05, 4.69) is 12.1 Å². The Morgan fingerprint density at radius 3 is 2.41 bits per heavy atom. The first-order chi connectivity index (χ1) is 14.2. The normalized spacial score (nSPS) is 16.2. The molecule has 0 spiro atoms. The third-order valence-corrected chi connectivity index (χ3v) is 5.15. The third kappa shape index (κ3) is 3.17. The number of hydrazone groups is 1. The van der Waals surface area contributed by atoms with Crippen LogP contribution in [0.3, 0.4) is 0 Å². The summed E-state index contributed by atoms with van der Waals surface area (Å²) in [7, 11) is 0. The SMILES string of the molecule is O=c1oc2cc(O)ccc2cc1C1=NN(c2ccccc2)C(c2ccccc2)C1. The van der Waals surface area contributed by atoms with Crippen molar-refractivity contribution in [2.24, 2.45) is 5.10 Å². The Bertz CT molecular complexity index is 1260. The maximum atomic E-state index is 12.7. The van der Waals surface area contributed by atoms with Gasteiger partial charge in [0.1, 0.15) is 11.3 Å². The van der Waals surface area contributed by atoms with Crippen LogP contribution >= 0.6 is 0 Å². The van der Waals surface area contributed by atoms with Gasteiger partial charge in [0.05, 0.1) is 23.0 Å². The first kappa shape index (κ1) is 17.3. The van der Waals surface area contributed by atoms with E-state index < -0.39 is 5.63 Å². The summed E-state index contributed by atoms with van der Waals surface area (Å²) in [6, 6.07) is 26.6. The van der Waals surface area contributed by atoms with Crippen molar-refractivity contribution in [3.8, 4) is 5.75 Å². The molecule has 1 unspecified atom stereocenters. The average molecular weight is 382 g/mol. The van der Waals surface area contributed by atoms with Crippen molar-refractivity contribution in [1.29, 1.82) is 0 Å². The van der Waals surface area contributed by atoms with E-state index in [4.69, 9.17) is 9.52 Å². The van der Waals surface area contributed by atoms with Gasteiger partial charge in [0.25, 0.3) is 0 Å². The topological polar surface area (TPSA) is 66.0 Å².